The Labute approximate surface area is 83.3 Å². The van der Waals surface area contributed by atoms with Crippen LogP contribution in [-0.2, 0) is 0 Å². The molecule has 2 heteroatoms. The molecule has 1 aromatic rings. The normalized spacial score (nSPS) is 12.5. The van der Waals surface area contributed by atoms with E-state index in [0.717, 1.165) is 12.5 Å². The van der Waals surface area contributed by atoms with Crippen LogP contribution in [0.2, 0.25) is 0 Å². The fraction of sp³-hybridized carbons (Fsp3) is 0.333. The van der Waals surface area contributed by atoms with Gasteiger partial charge in [-0.3, -0.25) is 0 Å². The summed E-state index contributed by atoms with van der Waals surface area (Å²) in [5.74, 6) is -0.688. The van der Waals surface area contributed by atoms with Gasteiger partial charge in [0.15, 0.2) is 0 Å². The number of halogens is 2. The first-order chi connectivity index (χ1) is 6.69. The van der Waals surface area contributed by atoms with E-state index in [1.807, 2.05) is 6.92 Å². The van der Waals surface area contributed by atoms with Crippen molar-refractivity contribution in [3.05, 3.63) is 48.1 Å². The average molecular weight is 196 g/mol. The molecule has 1 rings (SSSR count). The molecule has 0 aromatic heterocycles. The largest absolute Gasteiger partial charge is 0.207 e. The highest BCUT2D eigenvalue weighted by Gasteiger charge is 2.13. The van der Waals surface area contributed by atoms with E-state index in [-0.39, 0.29) is 17.6 Å². The van der Waals surface area contributed by atoms with Crippen molar-refractivity contribution in [2.45, 2.75) is 25.7 Å². The van der Waals surface area contributed by atoms with E-state index in [2.05, 4.69) is 6.58 Å². The van der Waals surface area contributed by atoms with Crippen molar-refractivity contribution in [3.63, 3.8) is 0 Å². The maximum Gasteiger partial charge on any atom is 0.126 e. The molecule has 0 nitrogen and oxygen atoms in total. The summed E-state index contributed by atoms with van der Waals surface area (Å²) in [7, 11) is 0. The molecule has 0 radical (unpaired) electrons. The van der Waals surface area contributed by atoms with Gasteiger partial charge in [-0.2, -0.15) is 0 Å². The molecule has 0 saturated carbocycles. The second-order valence-electron chi connectivity index (χ2n) is 3.30. The predicted molar refractivity (Wildman–Crippen MR) is 54.2 cm³/mol. The first kappa shape index (κ1) is 10.9. The zero-order chi connectivity index (χ0) is 10.6. The fourth-order valence-electron chi connectivity index (χ4n) is 1.54. The van der Waals surface area contributed by atoms with Crippen LogP contribution >= 0.6 is 0 Å². The Hall–Kier alpha value is -1.18. The number of hydrogen-bond acceptors (Lipinski definition) is 0. The van der Waals surface area contributed by atoms with Crippen LogP contribution in [0, 0.1) is 11.6 Å². The van der Waals surface area contributed by atoms with Gasteiger partial charge in [0.05, 0.1) is 0 Å². The van der Waals surface area contributed by atoms with Crippen LogP contribution < -0.4 is 0 Å². The minimum absolute atomic E-state index is 0.0307. The molecule has 0 fully saturated rings. The molecule has 0 bridgehead atoms. The topological polar surface area (TPSA) is 0 Å². The van der Waals surface area contributed by atoms with Crippen molar-refractivity contribution in [3.8, 4) is 0 Å². The van der Waals surface area contributed by atoms with Gasteiger partial charge in [-0.05, 0) is 42.5 Å². The van der Waals surface area contributed by atoms with E-state index in [9.17, 15) is 8.78 Å². The molecule has 0 aliphatic carbocycles. The van der Waals surface area contributed by atoms with Gasteiger partial charge in [0.1, 0.15) is 11.6 Å². The lowest BCUT2D eigenvalue weighted by molar-refractivity contribution is 0.552. The molecule has 14 heavy (non-hydrogen) atoms. The van der Waals surface area contributed by atoms with Crippen molar-refractivity contribution in [1.29, 1.82) is 0 Å². The quantitative estimate of drug-likeness (QED) is 0.638. The Kier molecular flexibility index (Phi) is 3.81. The van der Waals surface area contributed by atoms with E-state index in [4.69, 9.17) is 0 Å². The Balaban J connectivity index is 3.01. The van der Waals surface area contributed by atoms with E-state index in [1.54, 1.807) is 6.08 Å². The highest BCUT2D eigenvalue weighted by Crippen LogP contribution is 2.26. The van der Waals surface area contributed by atoms with Crippen LogP contribution in [0.1, 0.15) is 31.2 Å². The Bertz CT molecular complexity index is 318. The summed E-state index contributed by atoms with van der Waals surface area (Å²) >= 11 is 0. The predicted octanol–water partition coefficient (Wildman–Crippen LogP) is 4.03. The molecule has 0 heterocycles. The summed E-state index contributed by atoms with van der Waals surface area (Å²) in [6.45, 7) is 5.57. The fourth-order valence-corrected chi connectivity index (χ4v) is 1.54. The summed E-state index contributed by atoms with van der Waals surface area (Å²) in [5, 5.41) is 0. The zero-order valence-corrected chi connectivity index (χ0v) is 8.26. The Morgan fingerprint density at radius 2 is 2.14 bits per heavy atom. The summed E-state index contributed by atoms with van der Waals surface area (Å²) < 4.78 is 26.2. The summed E-state index contributed by atoms with van der Waals surface area (Å²) in [6, 6.07) is 3.59. The highest BCUT2D eigenvalue weighted by molar-refractivity contribution is 5.23. The average Bonchev–Trinajstić information content (AvgIpc) is 2.18. The molecule has 0 saturated heterocycles. The molecule has 1 atom stereocenters. The summed E-state index contributed by atoms with van der Waals surface area (Å²) in [4.78, 5) is 0. The lowest BCUT2D eigenvalue weighted by Gasteiger charge is -2.13. The molecule has 1 aromatic carbocycles. The molecular weight excluding hydrogens is 182 g/mol. The lowest BCUT2D eigenvalue weighted by atomic mass is 9.93. The van der Waals surface area contributed by atoms with E-state index >= 15 is 0 Å². The third kappa shape index (κ3) is 2.41. The number of hydrogen-bond donors (Lipinski definition) is 0. The molecule has 0 aliphatic rings. The van der Waals surface area contributed by atoms with Crippen LogP contribution in [0.25, 0.3) is 0 Å². The zero-order valence-electron chi connectivity index (χ0n) is 8.26. The van der Waals surface area contributed by atoms with Gasteiger partial charge >= 0.3 is 0 Å². The molecule has 1 unspecified atom stereocenters. The third-order valence-corrected chi connectivity index (χ3v) is 2.34. The molecule has 0 amide bonds. The van der Waals surface area contributed by atoms with Crippen LogP contribution in [0.4, 0.5) is 8.78 Å². The molecule has 76 valence electrons. The van der Waals surface area contributed by atoms with Gasteiger partial charge < -0.3 is 0 Å². The van der Waals surface area contributed by atoms with Gasteiger partial charge in [0, 0.05) is 0 Å². The maximum absolute atomic E-state index is 13.3. The minimum Gasteiger partial charge on any atom is -0.207 e. The third-order valence-electron chi connectivity index (χ3n) is 2.34. The number of allylic oxidation sites excluding steroid dienone is 1. The first-order valence-corrected chi connectivity index (χ1v) is 4.74. The molecule has 0 aliphatic heterocycles. The van der Waals surface area contributed by atoms with Gasteiger partial charge in [-0.1, -0.05) is 13.0 Å². The van der Waals surface area contributed by atoms with E-state index in [1.165, 1.54) is 12.1 Å². The van der Waals surface area contributed by atoms with E-state index < -0.39 is 0 Å². The lowest BCUT2D eigenvalue weighted by Crippen LogP contribution is -2.00. The van der Waals surface area contributed by atoms with Crippen LogP contribution in [-0.4, -0.2) is 0 Å². The van der Waals surface area contributed by atoms with Crippen molar-refractivity contribution < 1.29 is 8.78 Å². The van der Waals surface area contributed by atoms with Gasteiger partial charge in [0.2, 0.25) is 0 Å². The Morgan fingerprint density at radius 3 is 2.71 bits per heavy atom. The second kappa shape index (κ2) is 4.89. The second-order valence-corrected chi connectivity index (χ2v) is 3.30. The maximum atomic E-state index is 13.3. The number of rotatable bonds is 4. The van der Waals surface area contributed by atoms with Crippen LogP contribution in [0.5, 0.6) is 0 Å². The van der Waals surface area contributed by atoms with Crippen molar-refractivity contribution in [2.24, 2.45) is 0 Å². The smallest absolute Gasteiger partial charge is 0.126 e. The van der Waals surface area contributed by atoms with Crippen molar-refractivity contribution >= 4 is 0 Å². The molecule has 0 N–H and O–H groups in total. The SMILES string of the molecule is C=CCC(CC)c1cc(F)ccc1F. The van der Waals surface area contributed by atoms with Gasteiger partial charge in [-0.15, -0.1) is 6.58 Å². The molecule has 0 spiro atoms. The summed E-state index contributed by atoms with van der Waals surface area (Å²) in [6.07, 6.45) is 3.20. The Morgan fingerprint density at radius 1 is 1.43 bits per heavy atom. The first-order valence-electron chi connectivity index (χ1n) is 4.74. The minimum atomic E-state index is -0.385. The van der Waals surface area contributed by atoms with Gasteiger partial charge in [-0.25, -0.2) is 8.78 Å². The molecular formula is C12H14F2. The highest BCUT2D eigenvalue weighted by atomic mass is 19.1. The van der Waals surface area contributed by atoms with Crippen LogP contribution in [0.3, 0.4) is 0 Å². The van der Waals surface area contributed by atoms with Crippen molar-refractivity contribution in [1.82, 2.24) is 0 Å². The number of benzene rings is 1. The van der Waals surface area contributed by atoms with E-state index in [0.29, 0.717) is 12.0 Å². The van der Waals surface area contributed by atoms with Gasteiger partial charge in [0.25, 0.3) is 0 Å². The standard InChI is InChI=1S/C12H14F2/c1-3-5-9(4-2)11-8-10(13)6-7-12(11)14/h3,6-9H,1,4-5H2,2H3. The van der Waals surface area contributed by atoms with Crippen LogP contribution in [0.15, 0.2) is 30.9 Å². The summed E-state index contributed by atoms with van der Waals surface area (Å²) in [5.41, 5.74) is 0.451. The monoisotopic (exact) mass is 196 g/mol. The van der Waals surface area contributed by atoms with Crippen molar-refractivity contribution in [2.75, 3.05) is 0 Å².